The monoisotopic (exact) mass is 289 g/mol. The molecule has 0 unspecified atom stereocenters. The highest BCUT2D eigenvalue weighted by Crippen LogP contribution is 2.14. The summed E-state index contributed by atoms with van der Waals surface area (Å²) in [5, 5.41) is 1.13. The van der Waals surface area contributed by atoms with Crippen LogP contribution in [0.1, 0.15) is 21.6 Å². The molecule has 0 saturated carbocycles. The molecular weight excluding hydrogens is 274 g/mol. The molecule has 0 saturated heterocycles. The van der Waals surface area contributed by atoms with Crippen molar-refractivity contribution in [2.45, 2.75) is 0 Å². The predicted octanol–water partition coefficient (Wildman–Crippen LogP) is 4.19. The second kappa shape index (κ2) is 6.22. The zero-order valence-corrected chi connectivity index (χ0v) is 12.2. The second-order valence-corrected chi connectivity index (χ2v) is 4.88. The van der Waals surface area contributed by atoms with E-state index in [1.165, 1.54) is 7.11 Å². The number of methoxy groups -OCH3 is 1. The largest absolute Gasteiger partial charge is 0.465 e. The molecule has 0 amide bonds. The van der Waals surface area contributed by atoms with Gasteiger partial charge in [0.1, 0.15) is 0 Å². The third-order valence-corrected chi connectivity index (χ3v) is 3.40. The van der Waals surface area contributed by atoms with Gasteiger partial charge in [0, 0.05) is 5.39 Å². The maximum atomic E-state index is 11.4. The summed E-state index contributed by atoms with van der Waals surface area (Å²) in [7, 11) is 1.38. The highest BCUT2D eigenvalue weighted by atomic mass is 16.5. The molecule has 3 rings (SSSR count). The van der Waals surface area contributed by atoms with Crippen LogP contribution >= 0.6 is 0 Å². The average molecular weight is 289 g/mol. The first-order valence-electron chi connectivity index (χ1n) is 6.98. The van der Waals surface area contributed by atoms with E-state index in [2.05, 4.69) is 15.8 Å². The van der Waals surface area contributed by atoms with Gasteiger partial charge in [0.25, 0.3) is 0 Å². The van der Waals surface area contributed by atoms with E-state index in [0.717, 1.165) is 22.2 Å². The Balaban J connectivity index is 1.81. The van der Waals surface area contributed by atoms with E-state index in [1.54, 1.807) is 12.1 Å². The van der Waals surface area contributed by atoms with Gasteiger partial charge in [0.15, 0.2) is 0 Å². The van der Waals surface area contributed by atoms with Gasteiger partial charge in [-0.3, -0.25) is 0 Å². The van der Waals surface area contributed by atoms with Crippen LogP contribution in [0.15, 0.2) is 60.7 Å². The first-order valence-corrected chi connectivity index (χ1v) is 6.98. The number of carbonyl (C=O) groups excluding carboxylic acids is 1. The summed E-state index contributed by atoms with van der Waals surface area (Å²) in [4.78, 5) is 16.0. The standard InChI is InChI=1S/C19H15NO2/c1-22-19(21)16-9-6-14(7-10-16)8-12-17-13-11-15-4-2-3-5-18(15)20-17/h2-13H,1H3. The van der Waals surface area contributed by atoms with Gasteiger partial charge >= 0.3 is 5.97 Å². The molecule has 0 fully saturated rings. The minimum absolute atomic E-state index is 0.327. The smallest absolute Gasteiger partial charge is 0.337 e. The molecule has 2 aromatic carbocycles. The lowest BCUT2D eigenvalue weighted by molar-refractivity contribution is 0.0601. The second-order valence-electron chi connectivity index (χ2n) is 4.88. The number of pyridine rings is 1. The molecule has 0 aliphatic carbocycles. The molecule has 1 heterocycles. The van der Waals surface area contributed by atoms with Crippen LogP contribution in [0.2, 0.25) is 0 Å². The van der Waals surface area contributed by atoms with E-state index in [0.29, 0.717) is 5.56 Å². The van der Waals surface area contributed by atoms with Crippen LogP contribution in [0.3, 0.4) is 0 Å². The van der Waals surface area contributed by atoms with E-state index in [4.69, 9.17) is 0 Å². The van der Waals surface area contributed by atoms with Crippen molar-refractivity contribution < 1.29 is 9.53 Å². The fourth-order valence-corrected chi connectivity index (χ4v) is 2.20. The van der Waals surface area contributed by atoms with Gasteiger partial charge in [-0.1, -0.05) is 42.5 Å². The Bertz CT molecular complexity index is 835. The fraction of sp³-hybridized carbons (Fsp3) is 0.0526. The van der Waals surface area contributed by atoms with Gasteiger partial charge in [0.2, 0.25) is 0 Å². The Morgan fingerprint density at radius 1 is 0.955 bits per heavy atom. The molecule has 22 heavy (non-hydrogen) atoms. The average Bonchev–Trinajstić information content (AvgIpc) is 2.59. The number of aromatic nitrogens is 1. The topological polar surface area (TPSA) is 39.2 Å². The van der Waals surface area contributed by atoms with Crippen LogP contribution < -0.4 is 0 Å². The number of hydrogen-bond donors (Lipinski definition) is 0. The maximum Gasteiger partial charge on any atom is 0.337 e. The molecule has 1 aromatic heterocycles. The van der Waals surface area contributed by atoms with Crippen molar-refractivity contribution in [3.05, 3.63) is 77.5 Å². The van der Waals surface area contributed by atoms with Gasteiger partial charge < -0.3 is 4.74 Å². The van der Waals surface area contributed by atoms with E-state index in [-0.39, 0.29) is 5.97 Å². The van der Waals surface area contributed by atoms with Crippen molar-refractivity contribution in [2.75, 3.05) is 7.11 Å². The lowest BCUT2D eigenvalue weighted by atomic mass is 10.1. The summed E-state index contributed by atoms with van der Waals surface area (Å²) in [5.41, 5.74) is 3.42. The quantitative estimate of drug-likeness (QED) is 0.679. The minimum atomic E-state index is -0.327. The summed E-state index contributed by atoms with van der Waals surface area (Å²) in [5.74, 6) is -0.327. The Morgan fingerprint density at radius 3 is 2.50 bits per heavy atom. The molecule has 0 aliphatic heterocycles. The fourth-order valence-electron chi connectivity index (χ4n) is 2.20. The lowest BCUT2D eigenvalue weighted by Gasteiger charge is -2.00. The van der Waals surface area contributed by atoms with E-state index < -0.39 is 0 Å². The number of fused-ring (bicyclic) bond motifs is 1. The summed E-state index contributed by atoms with van der Waals surface area (Å²) >= 11 is 0. The first kappa shape index (κ1) is 14.0. The van der Waals surface area contributed by atoms with Crippen LogP contribution in [0, 0.1) is 0 Å². The van der Waals surface area contributed by atoms with Gasteiger partial charge in [-0.15, -0.1) is 0 Å². The van der Waals surface area contributed by atoms with Crippen LogP contribution in [-0.2, 0) is 4.74 Å². The van der Waals surface area contributed by atoms with Crippen LogP contribution in [0.5, 0.6) is 0 Å². The summed E-state index contributed by atoms with van der Waals surface area (Å²) in [6.07, 6.45) is 3.93. The molecular formula is C19H15NO2. The van der Waals surface area contributed by atoms with E-state index >= 15 is 0 Å². The number of esters is 1. The Morgan fingerprint density at radius 2 is 1.73 bits per heavy atom. The van der Waals surface area contributed by atoms with Crippen LogP contribution in [0.4, 0.5) is 0 Å². The number of ether oxygens (including phenoxy) is 1. The van der Waals surface area contributed by atoms with Gasteiger partial charge in [-0.2, -0.15) is 0 Å². The lowest BCUT2D eigenvalue weighted by Crippen LogP contribution is -2.00. The van der Waals surface area contributed by atoms with Crippen molar-refractivity contribution >= 4 is 29.0 Å². The van der Waals surface area contributed by atoms with Crippen LogP contribution in [0.25, 0.3) is 23.1 Å². The molecule has 3 aromatic rings. The highest BCUT2D eigenvalue weighted by Gasteiger charge is 2.03. The summed E-state index contributed by atoms with van der Waals surface area (Å²) < 4.78 is 4.68. The molecule has 3 nitrogen and oxygen atoms in total. The SMILES string of the molecule is COC(=O)c1ccc(C=Cc2ccc3ccccc3n2)cc1. The number of hydrogen-bond acceptors (Lipinski definition) is 3. The molecule has 108 valence electrons. The van der Waals surface area contributed by atoms with Gasteiger partial charge in [-0.05, 0) is 35.9 Å². The Kier molecular flexibility index (Phi) is 3.97. The number of rotatable bonds is 3. The summed E-state index contributed by atoms with van der Waals surface area (Å²) in [6, 6.07) is 19.3. The van der Waals surface area contributed by atoms with E-state index in [9.17, 15) is 4.79 Å². The number of benzene rings is 2. The molecule has 0 spiro atoms. The maximum absolute atomic E-state index is 11.4. The van der Waals surface area contributed by atoms with Crippen molar-refractivity contribution in [1.29, 1.82) is 0 Å². The predicted molar refractivity (Wildman–Crippen MR) is 88.5 cm³/mol. The van der Waals surface area contributed by atoms with Gasteiger partial charge in [-0.25, -0.2) is 9.78 Å². The Labute approximate surface area is 128 Å². The third-order valence-electron chi connectivity index (χ3n) is 3.40. The zero-order valence-electron chi connectivity index (χ0n) is 12.2. The van der Waals surface area contributed by atoms with Crippen molar-refractivity contribution in [2.24, 2.45) is 0 Å². The molecule has 0 aliphatic rings. The first-order chi connectivity index (χ1) is 10.8. The number of nitrogens with zero attached hydrogens (tertiary/aromatic N) is 1. The zero-order chi connectivity index (χ0) is 15.4. The third kappa shape index (κ3) is 3.04. The highest BCUT2D eigenvalue weighted by molar-refractivity contribution is 5.89. The van der Waals surface area contributed by atoms with Crippen LogP contribution in [-0.4, -0.2) is 18.1 Å². The molecule has 3 heteroatoms. The summed E-state index contributed by atoms with van der Waals surface area (Å²) in [6.45, 7) is 0. The molecule has 0 atom stereocenters. The molecule has 0 bridgehead atoms. The van der Waals surface area contributed by atoms with E-state index in [1.807, 2.05) is 54.6 Å². The number of para-hydroxylation sites is 1. The number of carbonyl (C=O) groups is 1. The minimum Gasteiger partial charge on any atom is -0.465 e. The van der Waals surface area contributed by atoms with Gasteiger partial charge in [0.05, 0.1) is 23.9 Å². The molecule has 0 N–H and O–H groups in total. The molecule has 0 radical (unpaired) electrons. The normalized spacial score (nSPS) is 11.0. The van der Waals surface area contributed by atoms with Crippen molar-refractivity contribution in [3.63, 3.8) is 0 Å². The Hall–Kier alpha value is -2.94. The van der Waals surface area contributed by atoms with Crippen molar-refractivity contribution in [3.8, 4) is 0 Å². The van der Waals surface area contributed by atoms with Crippen molar-refractivity contribution in [1.82, 2.24) is 4.98 Å².